The summed E-state index contributed by atoms with van der Waals surface area (Å²) >= 11 is 0. The van der Waals surface area contributed by atoms with Crippen LogP contribution in [0.1, 0.15) is 12.5 Å². The number of halogens is 2. The molecule has 1 atom stereocenters. The van der Waals surface area contributed by atoms with Crippen molar-refractivity contribution in [2.75, 3.05) is 26.2 Å². The number of sulfonamides is 1. The number of aromatic nitrogens is 1. The summed E-state index contributed by atoms with van der Waals surface area (Å²) in [6, 6.07) is 16.7. The van der Waals surface area contributed by atoms with Gasteiger partial charge in [0.1, 0.15) is 0 Å². The summed E-state index contributed by atoms with van der Waals surface area (Å²) in [4.78, 5) is 4.28. The van der Waals surface area contributed by atoms with E-state index in [0.717, 1.165) is 23.7 Å². The van der Waals surface area contributed by atoms with Gasteiger partial charge >= 0.3 is 0 Å². The van der Waals surface area contributed by atoms with Gasteiger partial charge in [-0.3, -0.25) is 4.98 Å². The Balaban J connectivity index is 0.00000240. The van der Waals surface area contributed by atoms with Gasteiger partial charge in [-0.25, -0.2) is 8.42 Å². The molecule has 0 aliphatic heterocycles. The fourth-order valence-electron chi connectivity index (χ4n) is 3.32. The summed E-state index contributed by atoms with van der Waals surface area (Å²) < 4.78 is 27.8. The molecule has 1 heterocycles. The summed E-state index contributed by atoms with van der Waals surface area (Å²) in [5.41, 5.74) is 1.23. The van der Waals surface area contributed by atoms with E-state index in [9.17, 15) is 13.5 Å². The fourth-order valence-corrected chi connectivity index (χ4v) is 4.98. The molecule has 2 aromatic carbocycles. The van der Waals surface area contributed by atoms with Crippen molar-refractivity contribution in [3.05, 3.63) is 72.6 Å². The SMILES string of the molecule is CC(CNCCc1ccccc1)N(CCO)S(=O)(=O)c1ccc2cnccc2c1.Cl.Cl. The van der Waals surface area contributed by atoms with Crippen LogP contribution in [0.5, 0.6) is 0 Å². The van der Waals surface area contributed by atoms with Crippen molar-refractivity contribution in [1.29, 1.82) is 0 Å². The zero-order valence-electron chi connectivity index (χ0n) is 17.3. The number of fused-ring (bicyclic) bond motifs is 1. The lowest BCUT2D eigenvalue weighted by atomic mass is 10.1. The van der Waals surface area contributed by atoms with Crippen molar-refractivity contribution >= 4 is 45.6 Å². The zero-order chi connectivity index (χ0) is 20.7. The molecular formula is C22H29Cl2N3O3S. The van der Waals surface area contributed by atoms with Gasteiger partial charge in [-0.05, 0) is 49.0 Å². The van der Waals surface area contributed by atoms with Gasteiger partial charge in [-0.2, -0.15) is 4.31 Å². The van der Waals surface area contributed by atoms with Gasteiger partial charge in [-0.15, -0.1) is 24.8 Å². The number of pyridine rings is 1. The topological polar surface area (TPSA) is 82.5 Å². The molecule has 0 bridgehead atoms. The van der Waals surface area contributed by atoms with E-state index in [1.54, 1.807) is 36.7 Å². The van der Waals surface area contributed by atoms with Gasteiger partial charge in [-0.1, -0.05) is 36.4 Å². The Morgan fingerprint density at radius 3 is 2.52 bits per heavy atom. The first-order valence-corrected chi connectivity index (χ1v) is 11.2. The Hall–Kier alpha value is -1.74. The summed E-state index contributed by atoms with van der Waals surface area (Å²) in [5.74, 6) is 0. The van der Waals surface area contributed by atoms with E-state index in [2.05, 4.69) is 22.4 Å². The molecule has 3 rings (SSSR count). The molecule has 0 saturated heterocycles. The molecule has 0 saturated carbocycles. The maximum Gasteiger partial charge on any atom is 0.243 e. The quantitative estimate of drug-likeness (QED) is 0.430. The minimum Gasteiger partial charge on any atom is -0.395 e. The van der Waals surface area contributed by atoms with Crippen molar-refractivity contribution in [1.82, 2.24) is 14.6 Å². The molecule has 0 radical (unpaired) electrons. The van der Waals surface area contributed by atoms with Crippen molar-refractivity contribution < 1.29 is 13.5 Å². The van der Waals surface area contributed by atoms with Crippen LogP contribution in [0, 0.1) is 0 Å². The molecule has 2 N–H and O–H groups in total. The van der Waals surface area contributed by atoms with Crippen LogP contribution in [0.3, 0.4) is 0 Å². The number of aliphatic hydroxyl groups excluding tert-OH is 1. The van der Waals surface area contributed by atoms with E-state index >= 15 is 0 Å². The number of hydrogen-bond donors (Lipinski definition) is 2. The van der Waals surface area contributed by atoms with Gasteiger partial charge in [0.2, 0.25) is 10.0 Å². The van der Waals surface area contributed by atoms with Gasteiger partial charge in [0, 0.05) is 36.9 Å². The van der Waals surface area contributed by atoms with E-state index in [1.165, 1.54) is 9.87 Å². The van der Waals surface area contributed by atoms with E-state index in [4.69, 9.17) is 0 Å². The molecule has 0 fully saturated rings. The number of hydrogen-bond acceptors (Lipinski definition) is 5. The van der Waals surface area contributed by atoms with Gasteiger partial charge in [0.15, 0.2) is 0 Å². The summed E-state index contributed by atoms with van der Waals surface area (Å²) in [6.45, 7) is 2.94. The average molecular weight is 486 g/mol. The second kappa shape index (κ2) is 13.0. The van der Waals surface area contributed by atoms with Crippen LogP contribution in [0.15, 0.2) is 71.9 Å². The summed E-state index contributed by atoms with van der Waals surface area (Å²) in [7, 11) is -3.73. The number of nitrogens with one attached hydrogen (secondary N) is 1. The van der Waals surface area contributed by atoms with Gasteiger partial charge < -0.3 is 10.4 Å². The minimum absolute atomic E-state index is 0. The highest BCUT2D eigenvalue weighted by Crippen LogP contribution is 2.22. The molecule has 31 heavy (non-hydrogen) atoms. The van der Waals surface area contributed by atoms with E-state index in [1.807, 2.05) is 25.1 Å². The molecule has 3 aromatic rings. The smallest absolute Gasteiger partial charge is 0.243 e. The first kappa shape index (κ1) is 27.3. The predicted octanol–water partition coefficient (Wildman–Crippen LogP) is 3.28. The third-order valence-corrected chi connectivity index (χ3v) is 6.91. The maximum absolute atomic E-state index is 13.2. The molecule has 1 unspecified atom stereocenters. The van der Waals surface area contributed by atoms with Crippen LogP contribution < -0.4 is 5.32 Å². The first-order chi connectivity index (χ1) is 14.0. The molecule has 0 aliphatic carbocycles. The molecule has 6 nitrogen and oxygen atoms in total. The predicted molar refractivity (Wildman–Crippen MR) is 130 cm³/mol. The zero-order valence-corrected chi connectivity index (χ0v) is 19.8. The van der Waals surface area contributed by atoms with Crippen molar-refractivity contribution in [3.63, 3.8) is 0 Å². The van der Waals surface area contributed by atoms with Crippen molar-refractivity contribution in [3.8, 4) is 0 Å². The largest absolute Gasteiger partial charge is 0.395 e. The van der Waals surface area contributed by atoms with Crippen LogP contribution in [-0.4, -0.2) is 55.1 Å². The molecule has 0 aliphatic rings. The molecule has 0 spiro atoms. The number of aliphatic hydroxyl groups is 1. The van der Waals surface area contributed by atoms with E-state index in [-0.39, 0.29) is 48.9 Å². The Kier molecular flexibility index (Phi) is 11.4. The molecular weight excluding hydrogens is 457 g/mol. The maximum atomic E-state index is 13.2. The molecule has 0 amide bonds. The minimum atomic E-state index is -3.73. The normalized spacial score (nSPS) is 12.2. The molecule has 170 valence electrons. The fraction of sp³-hybridized carbons (Fsp3) is 0.318. The Morgan fingerprint density at radius 2 is 1.81 bits per heavy atom. The number of nitrogens with zero attached hydrogens (tertiary/aromatic N) is 2. The van der Waals surface area contributed by atoms with Crippen molar-refractivity contribution in [2.45, 2.75) is 24.3 Å². The highest BCUT2D eigenvalue weighted by atomic mass is 35.5. The van der Waals surface area contributed by atoms with Gasteiger partial charge in [0.05, 0.1) is 11.5 Å². The third kappa shape index (κ3) is 7.14. The highest BCUT2D eigenvalue weighted by Gasteiger charge is 2.28. The van der Waals surface area contributed by atoms with Gasteiger partial charge in [0.25, 0.3) is 0 Å². The summed E-state index contributed by atoms with van der Waals surface area (Å²) in [5, 5.41) is 14.5. The molecule has 9 heteroatoms. The summed E-state index contributed by atoms with van der Waals surface area (Å²) in [6.07, 6.45) is 4.22. The number of benzene rings is 2. The van der Waals surface area contributed by atoms with Crippen molar-refractivity contribution in [2.24, 2.45) is 0 Å². The molecule has 1 aromatic heterocycles. The lowest BCUT2D eigenvalue weighted by molar-refractivity contribution is 0.229. The number of rotatable bonds is 10. The van der Waals surface area contributed by atoms with Crippen LogP contribution >= 0.6 is 24.8 Å². The van der Waals surface area contributed by atoms with Crippen LogP contribution in [0.2, 0.25) is 0 Å². The van der Waals surface area contributed by atoms with Crippen LogP contribution in [-0.2, 0) is 16.4 Å². The monoisotopic (exact) mass is 485 g/mol. The Morgan fingerprint density at radius 1 is 1.06 bits per heavy atom. The average Bonchev–Trinajstić information content (AvgIpc) is 2.75. The first-order valence-electron chi connectivity index (χ1n) is 9.73. The van der Waals surface area contributed by atoms with Crippen LogP contribution in [0.4, 0.5) is 0 Å². The Bertz CT molecular complexity index is 1040. The van der Waals surface area contributed by atoms with Crippen LogP contribution in [0.25, 0.3) is 10.8 Å². The standard InChI is InChI=1S/C22H27N3O3S.2ClH/c1-18(16-23-11-9-19-5-3-2-4-6-19)25(13-14-26)29(27,28)22-8-7-21-17-24-12-10-20(21)15-22;;/h2-8,10,12,15,17-18,23,26H,9,11,13-14,16H2,1H3;2*1H. The lowest BCUT2D eigenvalue weighted by Gasteiger charge is -2.28. The second-order valence-electron chi connectivity index (χ2n) is 7.01. The second-order valence-corrected chi connectivity index (χ2v) is 8.90. The van der Waals surface area contributed by atoms with E-state index < -0.39 is 10.0 Å². The third-order valence-electron chi connectivity index (χ3n) is 4.90. The highest BCUT2D eigenvalue weighted by molar-refractivity contribution is 7.89. The lowest BCUT2D eigenvalue weighted by Crippen LogP contribution is -2.45. The van der Waals surface area contributed by atoms with E-state index in [0.29, 0.717) is 6.54 Å². The Labute approximate surface area is 196 Å².